The first-order valence-corrected chi connectivity index (χ1v) is 19.6. The minimum atomic E-state index is 0.810. The van der Waals surface area contributed by atoms with Crippen LogP contribution in [-0.4, -0.2) is 0 Å². The maximum atomic E-state index is 7.01. The fraction of sp³-hybridized carbons (Fsp3) is 0. The standard InChI is InChI=1S/C54H36N2O2/c1-4-17-37(18-5-1)38-19-12-25-42(35-38)56(43-26-13-20-39(36-43)44-28-15-33-50-52(44)45-27-10-11-32-49(45)57-50)48-31-14-29-46-53-47(30-16-34-51(53)58-54(46)48)55(40-21-6-2-7-22-40)41-23-8-3-9-24-41/h1-36H. The second-order valence-corrected chi connectivity index (χ2v) is 14.5. The Labute approximate surface area is 336 Å². The van der Waals surface area contributed by atoms with Gasteiger partial charge in [-0.3, -0.25) is 0 Å². The number of para-hydroxylation sites is 4. The number of benzene rings is 9. The predicted molar refractivity (Wildman–Crippen MR) is 241 cm³/mol. The highest BCUT2D eigenvalue weighted by Gasteiger charge is 2.24. The zero-order valence-electron chi connectivity index (χ0n) is 31.5. The Balaban J connectivity index is 1.14. The Hall–Kier alpha value is -7.82. The van der Waals surface area contributed by atoms with E-state index in [4.69, 9.17) is 8.83 Å². The Morgan fingerprint density at radius 2 is 0.776 bits per heavy atom. The van der Waals surface area contributed by atoms with Crippen LogP contribution in [0.25, 0.3) is 66.1 Å². The summed E-state index contributed by atoms with van der Waals surface area (Å²) in [6.07, 6.45) is 0. The highest BCUT2D eigenvalue weighted by atomic mass is 16.3. The molecule has 9 aromatic carbocycles. The lowest BCUT2D eigenvalue weighted by Gasteiger charge is -2.27. The third kappa shape index (κ3) is 5.70. The van der Waals surface area contributed by atoms with Crippen LogP contribution >= 0.6 is 0 Å². The van der Waals surface area contributed by atoms with Crippen molar-refractivity contribution in [2.24, 2.45) is 0 Å². The van der Waals surface area contributed by atoms with Crippen LogP contribution in [0.15, 0.2) is 227 Å². The SMILES string of the molecule is c1ccc(-c2cccc(N(c3cccc(-c4cccc5oc6ccccc6c45)c3)c3cccc4c3oc3cccc(N(c5ccccc5)c5ccccc5)c34)c2)cc1. The number of anilines is 6. The second-order valence-electron chi connectivity index (χ2n) is 14.5. The Bertz CT molecular complexity index is 3200. The van der Waals surface area contributed by atoms with Crippen LogP contribution in [0.4, 0.5) is 34.1 Å². The zero-order valence-corrected chi connectivity index (χ0v) is 31.5. The van der Waals surface area contributed by atoms with Crippen molar-refractivity contribution < 1.29 is 8.83 Å². The van der Waals surface area contributed by atoms with E-state index >= 15 is 0 Å². The first-order chi connectivity index (χ1) is 28.8. The summed E-state index contributed by atoms with van der Waals surface area (Å²) in [4.78, 5) is 4.65. The van der Waals surface area contributed by atoms with Gasteiger partial charge in [-0.05, 0) is 101 Å². The van der Waals surface area contributed by atoms with Crippen molar-refractivity contribution in [1.29, 1.82) is 0 Å². The van der Waals surface area contributed by atoms with Gasteiger partial charge in [-0.2, -0.15) is 0 Å². The fourth-order valence-corrected chi connectivity index (χ4v) is 8.47. The molecule has 4 nitrogen and oxygen atoms in total. The second kappa shape index (κ2) is 14.0. The molecule has 0 aliphatic heterocycles. The highest BCUT2D eigenvalue weighted by Crippen LogP contribution is 2.48. The number of hydrogen-bond acceptors (Lipinski definition) is 4. The number of fused-ring (bicyclic) bond motifs is 6. The molecule has 0 aliphatic rings. The molecule has 0 fully saturated rings. The number of rotatable bonds is 8. The quantitative estimate of drug-likeness (QED) is 0.155. The molecule has 0 N–H and O–H groups in total. The summed E-state index contributed by atoms with van der Waals surface area (Å²) < 4.78 is 13.3. The lowest BCUT2D eigenvalue weighted by molar-refractivity contribution is 0.668. The van der Waals surface area contributed by atoms with E-state index in [9.17, 15) is 0 Å². The van der Waals surface area contributed by atoms with Crippen molar-refractivity contribution in [3.05, 3.63) is 218 Å². The van der Waals surface area contributed by atoms with Crippen molar-refractivity contribution in [3.8, 4) is 22.3 Å². The van der Waals surface area contributed by atoms with Crippen molar-refractivity contribution >= 4 is 78.0 Å². The van der Waals surface area contributed by atoms with E-state index in [-0.39, 0.29) is 0 Å². The predicted octanol–water partition coefficient (Wildman–Crippen LogP) is 15.8. The molecule has 0 bridgehead atoms. The van der Waals surface area contributed by atoms with Crippen molar-refractivity contribution in [2.45, 2.75) is 0 Å². The van der Waals surface area contributed by atoms with Gasteiger partial charge in [0.05, 0.1) is 16.8 Å². The average molecular weight is 745 g/mol. The monoisotopic (exact) mass is 744 g/mol. The largest absolute Gasteiger partial charge is 0.456 e. The molecule has 0 spiro atoms. The van der Waals surface area contributed by atoms with Gasteiger partial charge < -0.3 is 18.6 Å². The first-order valence-electron chi connectivity index (χ1n) is 19.6. The van der Waals surface area contributed by atoms with E-state index in [1.165, 1.54) is 0 Å². The summed E-state index contributed by atoms with van der Waals surface area (Å²) in [5.41, 5.74) is 14.1. The molecule has 0 radical (unpaired) electrons. The fourth-order valence-electron chi connectivity index (χ4n) is 8.47. The Morgan fingerprint density at radius 3 is 1.52 bits per heavy atom. The molecular formula is C54H36N2O2. The number of nitrogens with zero attached hydrogens (tertiary/aromatic N) is 2. The molecular weight excluding hydrogens is 709 g/mol. The van der Waals surface area contributed by atoms with E-state index in [0.29, 0.717) is 0 Å². The topological polar surface area (TPSA) is 32.8 Å². The van der Waals surface area contributed by atoms with Gasteiger partial charge in [0.2, 0.25) is 0 Å². The third-order valence-electron chi connectivity index (χ3n) is 11.0. The van der Waals surface area contributed by atoms with Crippen molar-refractivity contribution in [3.63, 3.8) is 0 Å². The molecule has 0 saturated carbocycles. The van der Waals surface area contributed by atoms with Gasteiger partial charge in [0.1, 0.15) is 16.7 Å². The maximum absolute atomic E-state index is 7.01. The summed E-state index contributed by atoms with van der Waals surface area (Å²) in [6, 6.07) is 76.6. The molecule has 58 heavy (non-hydrogen) atoms. The normalized spacial score (nSPS) is 11.4. The minimum absolute atomic E-state index is 0.810. The van der Waals surface area contributed by atoms with Crippen LogP contribution in [0.3, 0.4) is 0 Å². The Morgan fingerprint density at radius 1 is 0.293 bits per heavy atom. The summed E-state index contributed by atoms with van der Waals surface area (Å²) in [6.45, 7) is 0. The molecule has 0 saturated heterocycles. The molecule has 2 aromatic heterocycles. The van der Waals surface area contributed by atoms with E-state index < -0.39 is 0 Å². The van der Waals surface area contributed by atoms with E-state index in [1.807, 2.05) is 12.1 Å². The van der Waals surface area contributed by atoms with Gasteiger partial charge in [-0.25, -0.2) is 0 Å². The van der Waals surface area contributed by atoms with Gasteiger partial charge in [0.25, 0.3) is 0 Å². The highest BCUT2D eigenvalue weighted by molar-refractivity contribution is 6.17. The van der Waals surface area contributed by atoms with Crippen LogP contribution in [0.5, 0.6) is 0 Å². The molecule has 0 amide bonds. The van der Waals surface area contributed by atoms with Crippen LogP contribution in [0.1, 0.15) is 0 Å². The summed E-state index contributed by atoms with van der Waals surface area (Å²) in [7, 11) is 0. The van der Waals surface area contributed by atoms with Gasteiger partial charge in [-0.15, -0.1) is 0 Å². The maximum Gasteiger partial charge on any atom is 0.159 e. The number of hydrogen-bond donors (Lipinski definition) is 0. The molecule has 274 valence electrons. The zero-order chi connectivity index (χ0) is 38.4. The Kier molecular flexibility index (Phi) is 8.11. The molecule has 2 heterocycles. The average Bonchev–Trinajstić information content (AvgIpc) is 3.88. The molecule has 11 aromatic rings. The summed E-state index contributed by atoms with van der Waals surface area (Å²) in [5, 5.41) is 4.31. The van der Waals surface area contributed by atoms with E-state index in [1.54, 1.807) is 0 Å². The van der Waals surface area contributed by atoms with Gasteiger partial charge in [0, 0.05) is 38.9 Å². The molecule has 0 aliphatic carbocycles. The van der Waals surface area contributed by atoms with Gasteiger partial charge >= 0.3 is 0 Å². The van der Waals surface area contributed by atoms with Crippen LogP contribution in [0.2, 0.25) is 0 Å². The van der Waals surface area contributed by atoms with Crippen LogP contribution < -0.4 is 9.80 Å². The first kappa shape index (κ1) is 33.5. The molecule has 0 unspecified atom stereocenters. The van der Waals surface area contributed by atoms with E-state index in [0.717, 1.165) is 100 Å². The minimum Gasteiger partial charge on any atom is -0.456 e. The molecule has 4 heteroatoms. The lowest BCUT2D eigenvalue weighted by atomic mass is 9.98. The van der Waals surface area contributed by atoms with Gasteiger partial charge in [0.15, 0.2) is 5.58 Å². The summed E-state index contributed by atoms with van der Waals surface area (Å²) >= 11 is 0. The third-order valence-corrected chi connectivity index (χ3v) is 11.0. The molecule has 0 atom stereocenters. The van der Waals surface area contributed by atoms with Gasteiger partial charge in [-0.1, -0.05) is 140 Å². The summed E-state index contributed by atoms with van der Waals surface area (Å²) in [5.74, 6) is 0. The van der Waals surface area contributed by atoms with Crippen LogP contribution in [0, 0.1) is 0 Å². The lowest BCUT2D eigenvalue weighted by Crippen LogP contribution is -2.11. The van der Waals surface area contributed by atoms with E-state index in [2.05, 4.69) is 216 Å². The number of furan rings is 2. The van der Waals surface area contributed by atoms with Crippen molar-refractivity contribution in [1.82, 2.24) is 0 Å². The molecule has 11 rings (SSSR count). The van der Waals surface area contributed by atoms with Crippen molar-refractivity contribution in [2.75, 3.05) is 9.80 Å². The smallest absolute Gasteiger partial charge is 0.159 e. The van der Waals surface area contributed by atoms with Crippen LogP contribution in [-0.2, 0) is 0 Å².